The number of carbonyl (C=O) groups is 1. The van der Waals surface area contributed by atoms with E-state index in [0.29, 0.717) is 12.4 Å². The summed E-state index contributed by atoms with van der Waals surface area (Å²) in [7, 11) is 3.43. The molecule has 1 saturated heterocycles. The largest absolute Gasteiger partial charge is 0.497 e. The van der Waals surface area contributed by atoms with Gasteiger partial charge >= 0.3 is 0 Å². The van der Waals surface area contributed by atoms with E-state index in [2.05, 4.69) is 10.4 Å². The Morgan fingerprint density at radius 3 is 2.96 bits per heavy atom. The smallest absolute Gasteiger partial charge is 0.254 e. The van der Waals surface area contributed by atoms with E-state index in [1.807, 2.05) is 37.3 Å². The van der Waals surface area contributed by atoms with Crippen LogP contribution in [0.5, 0.6) is 5.75 Å². The van der Waals surface area contributed by atoms with Crippen molar-refractivity contribution in [3.63, 3.8) is 0 Å². The lowest BCUT2D eigenvalue weighted by Crippen LogP contribution is -2.31. The molecular formula is C17H21N3O3. The van der Waals surface area contributed by atoms with Crippen LogP contribution in [-0.2, 0) is 16.6 Å². The minimum Gasteiger partial charge on any atom is -0.497 e. The number of aromatic nitrogens is 2. The first-order valence-corrected chi connectivity index (χ1v) is 7.69. The first-order valence-electron chi connectivity index (χ1n) is 7.69. The Morgan fingerprint density at radius 2 is 2.26 bits per heavy atom. The number of methoxy groups -OCH3 is 1. The van der Waals surface area contributed by atoms with Crippen molar-refractivity contribution in [2.45, 2.75) is 19.4 Å². The SMILES string of the molecule is COc1cccc(-c2cc(NC(=O)[C@H]3OCC[C@H]3C)n(C)n2)c1. The number of nitrogens with one attached hydrogen (secondary N) is 1. The Balaban J connectivity index is 1.79. The molecule has 1 aromatic carbocycles. The zero-order valence-corrected chi connectivity index (χ0v) is 13.6. The van der Waals surface area contributed by atoms with E-state index in [0.717, 1.165) is 23.4 Å². The van der Waals surface area contributed by atoms with Crippen LogP contribution in [0.3, 0.4) is 0 Å². The normalized spacial score (nSPS) is 20.5. The fraction of sp³-hybridized carbons (Fsp3) is 0.412. The van der Waals surface area contributed by atoms with Crippen LogP contribution >= 0.6 is 0 Å². The van der Waals surface area contributed by atoms with Crippen LogP contribution in [0.2, 0.25) is 0 Å². The van der Waals surface area contributed by atoms with E-state index in [4.69, 9.17) is 9.47 Å². The monoisotopic (exact) mass is 315 g/mol. The maximum atomic E-state index is 12.3. The highest BCUT2D eigenvalue weighted by molar-refractivity contribution is 5.94. The van der Waals surface area contributed by atoms with Crippen molar-refractivity contribution >= 4 is 11.7 Å². The van der Waals surface area contributed by atoms with Crippen LogP contribution in [-0.4, -0.2) is 35.5 Å². The van der Waals surface area contributed by atoms with Crippen LogP contribution in [0.15, 0.2) is 30.3 Å². The third-order valence-electron chi connectivity index (χ3n) is 4.14. The van der Waals surface area contributed by atoms with Gasteiger partial charge in [-0.2, -0.15) is 5.10 Å². The number of anilines is 1. The van der Waals surface area contributed by atoms with Crippen molar-refractivity contribution in [3.8, 4) is 17.0 Å². The number of rotatable bonds is 4. The van der Waals surface area contributed by atoms with Crippen LogP contribution in [0.1, 0.15) is 13.3 Å². The molecule has 2 aromatic rings. The number of ether oxygens (including phenoxy) is 2. The molecule has 1 amide bonds. The molecule has 0 radical (unpaired) electrons. The minimum absolute atomic E-state index is 0.116. The van der Waals surface area contributed by atoms with Gasteiger partial charge in [0.25, 0.3) is 5.91 Å². The van der Waals surface area contributed by atoms with Gasteiger partial charge < -0.3 is 14.8 Å². The Morgan fingerprint density at radius 1 is 1.43 bits per heavy atom. The van der Waals surface area contributed by atoms with Crippen LogP contribution in [0, 0.1) is 5.92 Å². The molecule has 1 N–H and O–H groups in total. The van der Waals surface area contributed by atoms with Crippen molar-refractivity contribution in [2.75, 3.05) is 19.0 Å². The predicted molar refractivity (Wildman–Crippen MR) is 87.3 cm³/mol. The number of aryl methyl sites for hydroxylation is 1. The zero-order valence-electron chi connectivity index (χ0n) is 13.6. The molecule has 1 aromatic heterocycles. The summed E-state index contributed by atoms with van der Waals surface area (Å²) in [5, 5.41) is 7.37. The lowest BCUT2D eigenvalue weighted by Gasteiger charge is -2.14. The molecule has 6 nitrogen and oxygen atoms in total. The average Bonchev–Trinajstić information content (AvgIpc) is 3.14. The molecule has 0 unspecified atom stereocenters. The van der Waals surface area contributed by atoms with Crippen molar-refractivity contribution in [3.05, 3.63) is 30.3 Å². The molecule has 122 valence electrons. The first kappa shape index (κ1) is 15.6. The van der Waals surface area contributed by atoms with E-state index in [1.54, 1.807) is 18.8 Å². The standard InChI is InChI=1S/C17H21N3O3/c1-11-7-8-23-16(11)17(21)18-15-10-14(19-20(15)2)12-5-4-6-13(9-12)22-3/h4-6,9-11,16H,7-8H2,1-3H3,(H,18,21)/t11-,16+/m1/s1. The van der Waals surface area contributed by atoms with Crippen molar-refractivity contribution in [1.29, 1.82) is 0 Å². The van der Waals surface area contributed by atoms with Crippen molar-refractivity contribution in [2.24, 2.45) is 13.0 Å². The second kappa shape index (κ2) is 6.42. The highest BCUT2D eigenvalue weighted by atomic mass is 16.5. The molecule has 0 aliphatic carbocycles. The van der Waals surface area contributed by atoms with Crippen LogP contribution < -0.4 is 10.1 Å². The van der Waals surface area contributed by atoms with Gasteiger partial charge in [0.05, 0.1) is 12.8 Å². The van der Waals surface area contributed by atoms with Gasteiger partial charge in [-0.25, -0.2) is 0 Å². The van der Waals surface area contributed by atoms with Gasteiger partial charge in [0.15, 0.2) is 0 Å². The first-order chi connectivity index (χ1) is 11.1. The molecule has 23 heavy (non-hydrogen) atoms. The van der Waals surface area contributed by atoms with Crippen molar-refractivity contribution in [1.82, 2.24) is 9.78 Å². The number of carbonyl (C=O) groups excluding carboxylic acids is 1. The maximum absolute atomic E-state index is 12.3. The molecule has 1 fully saturated rings. The Hall–Kier alpha value is -2.34. The summed E-state index contributed by atoms with van der Waals surface area (Å²) in [5.74, 6) is 1.54. The zero-order chi connectivity index (χ0) is 16.4. The molecule has 6 heteroatoms. The summed E-state index contributed by atoms with van der Waals surface area (Å²) >= 11 is 0. The van der Waals surface area contributed by atoms with Crippen LogP contribution in [0.25, 0.3) is 11.3 Å². The summed E-state index contributed by atoms with van der Waals surface area (Å²) in [5.41, 5.74) is 1.72. The molecular weight excluding hydrogens is 294 g/mol. The highest BCUT2D eigenvalue weighted by Gasteiger charge is 2.31. The highest BCUT2D eigenvalue weighted by Crippen LogP contribution is 2.26. The number of hydrogen-bond donors (Lipinski definition) is 1. The fourth-order valence-corrected chi connectivity index (χ4v) is 2.74. The molecule has 0 saturated carbocycles. The van der Waals surface area contributed by atoms with Gasteiger partial charge in [-0.05, 0) is 24.5 Å². The van der Waals surface area contributed by atoms with E-state index in [9.17, 15) is 4.79 Å². The fourth-order valence-electron chi connectivity index (χ4n) is 2.74. The molecule has 0 bridgehead atoms. The summed E-state index contributed by atoms with van der Waals surface area (Å²) < 4.78 is 12.4. The van der Waals surface area contributed by atoms with E-state index < -0.39 is 0 Å². The Kier molecular flexibility index (Phi) is 4.34. The Labute approximate surface area is 135 Å². The van der Waals surface area contributed by atoms with Crippen LogP contribution in [0.4, 0.5) is 5.82 Å². The van der Waals surface area contributed by atoms with Gasteiger partial charge in [0.1, 0.15) is 17.7 Å². The molecule has 3 rings (SSSR count). The van der Waals surface area contributed by atoms with E-state index >= 15 is 0 Å². The molecule has 2 heterocycles. The molecule has 0 spiro atoms. The number of nitrogens with zero attached hydrogens (tertiary/aromatic N) is 2. The number of amides is 1. The predicted octanol–water partition coefficient (Wildman–Crippen LogP) is 2.46. The lowest BCUT2D eigenvalue weighted by molar-refractivity contribution is -0.126. The summed E-state index contributed by atoms with van der Waals surface area (Å²) in [6.45, 7) is 2.67. The van der Waals surface area contributed by atoms with Crippen molar-refractivity contribution < 1.29 is 14.3 Å². The second-order valence-corrected chi connectivity index (χ2v) is 5.82. The second-order valence-electron chi connectivity index (χ2n) is 5.82. The quantitative estimate of drug-likeness (QED) is 0.941. The molecule has 1 aliphatic rings. The summed E-state index contributed by atoms with van der Waals surface area (Å²) in [6.07, 6.45) is 0.531. The summed E-state index contributed by atoms with van der Waals surface area (Å²) in [4.78, 5) is 12.3. The topological polar surface area (TPSA) is 65.4 Å². The minimum atomic E-state index is -0.384. The third kappa shape index (κ3) is 3.22. The molecule has 1 aliphatic heterocycles. The molecule has 2 atom stereocenters. The lowest BCUT2D eigenvalue weighted by atomic mass is 10.0. The van der Waals surface area contributed by atoms with Gasteiger partial charge in [-0.1, -0.05) is 19.1 Å². The number of hydrogen-bond acceptors (Lipinski definition) is 4. The van der Waals surface area contributed by atoms with Gasteiger partial charge in [-0.3, -0.25) is 9.48 Å². The third-order valence-corrected chi connectivity index (χ3v) is 4.14. The van der Waals surface area contributed by atoms with Gasteiger partial charge in [0.2, 0.25) is 0 Å². The average molecular weight is 315 g/mol. The number of benzene rings is 1. The van der Waals surface area contributed by atoms with E-state index in [-0.39, 0.29) is 17.9 Å². The van der Waals surface area contributed by atoms with Gasteiger partial charge in [0, 0.05) is 25.3 Å². The van der Waals surface area contributed by atoms with E-state index in [1.165, 1.54) is 0 Å². The Bertz CT molecular complexity index is 711. The van der Waals surface area contributed by atoms with Gasteiger partial charge in [-0.15, -0.1) is 0 Å². The maximum Gasteiger partial charge on any atom is 0.254 e. The summed E-state index contributed by atoms with van der Waals surface area (Å²) in [6, 6.07) is 9.52.